The molecule has 0 aromatic rings. The maximum Gasteiger partial charge on any atom is 0.410 e. The van der Waals surface area contributed by atoms with E-state index < -0.39 is 18.0 Å². The first-order chi connectivity index (χ1) is 7.65. The average molecular weight is 245 g/mol. The number of carboxylic acid groups (broad SMARTS) is 1. The Hall–Kier alpha value is -1.17. The lowest BCUT2D eigenvalue weighted by molar-refractivity contribution is -0.141. The topological polar surface area (TPSA) is 66.8 Å². The fraction of sp³-hybridized carbons (Fsp3) is 0.600. The number of hydrogen-bond donors (Lipinski definition) is 1. The summed E-state index contributed by atoms with van der Waals surface area (Å²) in [4.78, 5) is 23.9. The zero-order chi connectivity index (χ0) is 12.0. The predicted molar refractivity (Wildman–Crippen MR) is 61.6 cm³/mol. The minimum atomic E-state index is -0.865. The first kappa shape index (κ1) is 12.9. The maximum absolute atomic E-state index is 11.5. The summed E-state index contributed by atoms with van der Waals surface area (Å²) in [5, 5.41) is 8.93. The van der Waals surface area contributed by atoms with Crippen LogP contribution < -0.4 is 0 Å². The largest absolute Gasteiger partial charge is 0.481 e. The molecule has 1 rings (SSSR count). The van der Waals surface area contributed by atoms with Gasteiger partial charge in [0.2, 0.25) is 0 Å². The van der Waals surface area contributed by atoms with Crippen molar-refractivity contribution in [3.05, 3.63) is 12.7 Å². The Bertz CT molecular complexity index is 282. The number of carbonyl (C=O) groups excluding carboxylic acids is 1. The van der Waals surface area contributed by atoms with Crippen molar-refractivity contribution < 1.29 is 19.4 Å². The molecular formula is C10H15NO4S. The van der Waals surface area contributed by atoms with E-state index in [2.05, 4.69) is 6.58 Å². The number of hydrogen-bond acceptors (Lipinski definition) is 4. The Balaban J connectivity index is 2.53. The first-order valence-electron chi connectivity index (χ1n) is 4.98. The molecule has 0 bridgehead atoms. The van der Waals surface area contributed by atoms with Gasteiger partial charge in [-0.3, -0.25) is 4.79 Å². The minimum Gasteiger partial charge on any atom is -0.481 e. The number of ether oxygens (including phenoxy) is 1. The Kier molecular flexibility index (Phi) is 5.18. The van der Waals surface area contributed by atoms with Crippen molar-refractivity contribution >= 4 is 23.8 Å². The molecule has 1 fully saturated rings. The molecule has 0 radical (unpaired) electrons. The molecule has 1 N–H and O–H groups in total. The van der Waals surface area contributed by atoms with Gasteiger partial charge < -0.3 is 14.7 Å². The van der Waals surface area contributed by atoms with E-state index in [1.807, 2.05) is 0 Å². The van der Waals surface area contributed by atoms with E-state index in [-0.39, 0.29) is 13.2 Å². The molecule has 0 aliphatic carbocycles. The van der Waals surface area contributed by atoms with E-state index in [4.69, 9.17) is 9.84 Å². The van der Waals surface area contributed by atoms with Gasteiger partial charge in [0, 0.05) is 24.6 Å². The minimum absolute atomic E-state index is 0.153. The molecule has 16 heavy (non-hydrogen) atoms. The number of carbonyl (C=O) groups is 2. The lowest BCUT2D eigenvalue weighted by Crippen LogP contribution is -2.38. The van der Waals surface area contributed by atoms with E-state index in [1.54, 1.807) is 11.8 Å². The van der Waals surface area contributed by atoms with E-state index in [0.29, 0.717) is 12.3 Å². The van der Waals surface area contributed by atoms with Crippen molar-refractivity contribution in [1.29, 1.82) is 0 Å². The van der Waals surface area contributed by atoms with Crippen molar-refractivity contribution in [2.45, 2.75) is 0 Å². The second kappa shape index (κ2) is 6.42. The van der Waals surface area contributed by atoms with Gasteiger partial charge in [-0.25, -0.2) is 4.79 Å². The number of amides is 1. The zero-order valence-electron chi connectivity index (χ0n) is 8.92. The lowest BCUT2D eigenvalue weighted by atomic mass is 10.2. The van der Waals surface area contributed by atoms with Crippen LogP contribution in [0.2, 0.25) is 0 Å². The zero-order valence-corrected chi connectivity index (χ0v) is 9.74. The molecule has 1 aliphatic heterocycles. The third-order valence-electron chi connectivity index (χ3n) is 2.20. The molecular weight excluding hydrogens is 230 g/mol. The predicted octanol–water partition coefficient (Wildman–Crippen LogP) is 1.06. The molecule has 1 heterocycles. The molecule has 0 spiro atoms. The Morgan fingerprint density at radius 2 is 2.38 bits per heavy atom. The normalized spacial score (nSPS) is 21.0. The molecule has 0 aromatic carbocycles. The second-order valence-electron chi connectivity index (χ2n) is 3.42. The van der Waals surface area contributed by atoms with Gasteiger partial charge in [0.05, 0.1) is 5.92 Å². The van der Waals surface area contributed by atoms with Gasteiger partial charge in [0.25, 0.3) is 0 Å². The Labute approximate surface area is 98.4 Å². The lowest BCUT2D eigenvalue weighted by Gasteiger charge is -2.21. The van der Waals surface area contributed by atoms with Crippen LogP contribution in [-0.4, -0.2) is 53.3 Å². The third kappa shape index (κ3) is 3.77. The van der Waals surface area contributed by atoms with Crippen LogP contribution in [0, 0.1) is 5.92 Å². The van der Waals surface area contributed by atoms with Crippen LogP contribution in [0.3, 0.4) is 0 Å². The fourth-order valence-corrected chi connectivity index (χ4v) is 2.40. The van der Waals surface area contributed by atoms with E-state index >= 15 is 0 Å². The van der Waals surface area contributed by atoms with Crippen molar-refractivity contribution in [1.82, 2.24) is 4.90 Å². The second-order valence-corrected chi connectivity index (χ2v) is 4.57. The fourth-order valence-electron chi connectivity index (χ4n) is 1.35. The molecule has 90 valence electrons. The van der Waals surface area contributed by atoms with Crippen LogP contribution in [0.1, 0.15) is 0 Å². The van der Waals surface area contributed by atoms with Gasteiger partial charge in [0.1, 0.15) is 6.61 Å². The summed E-state index contributed by atoms with van der Waals surface area (Å²) in [5.74, 6) is -0.0900. The van der Waals surface area contributed by atoms with Gasteiger partial charge in [-0.1, -0.05) is 12.7 Å². The highest BCUT2D eigenvalue weighted by molar-refractivity contribution is 7.99. The summed E-state index contributed by atoms with van der Waals surface area (Å²) in [6.07, 6.45) is 1.02. The molecule has 0 aromatic heterocycles. The van der Waals surface area contributed by atoms with Crippen LogP contribution >= 0.6 is 11.8 Å². The van der Waals surface area contributed by atoms with Crippen LogP contribution in [-0.2, 0) is 9.53 Å². The quantitative estimate of drug-likeness (QED) is 0.753. The van der Waals surface area contributed by atoms with Gasteiger partial charge in [-0.05, 0) is 0 Å². The van der Waals surface area contributed by atoms with Gasteiger partial charge in [-0.2, -0.15) is 11.8 Å². The van der Waals surface area contributed by atoms with Gasteiger partial charge in [-0.15, -0.1) is 0 Å². The van der Waals surface area contributed by atoms with Crippen LogP contribution in [0.5, 0.6) is 0 Å². The summed E-state index contributed by atoms with van der Waals surface area (Å²) in [5.41, 5.74) is 0. The van der Waals surface area contributed by atoms with Gasteiger partial charge in [0.15, 0.2) is 0 Å². The number of carboxylic acids is 1. The smallest absolute Gasteiger partial charge is 0.410 e. The summed E-state index contributed by atoms with van der Waals surface area (Å²) in [6, 6.07) is 0. The Morgan fingerprint density at radius 3 is 3.00 bits per heavy atom. The highest BCUT2D eigenvalue weighted by Crippen LogP contribution is 2.16. The molecule has 5 nitrogen and oxygen atoms in total. The number of rotatable bonds is 3. The standard InChI is InChI=1S/C10H15NO4S/c1-2-4-15-10(14)11-3-5-16-7-8(6-11)9(12)13/h2,8H,1,3-7H2,(H,12,13). The monoisotopic (exact) mass is 245 g/mol. The average Bonchev–Trinajstić information content (AvgIpc) is 2.51. The van der Waals surface area contributed by atoms with Crippen LogP contribution in [0.15, 0.2) is 12.7 Å². The molecule has 1 unspecified atom stereocenters. The van der Waals surface area contributed by atoms with E-state index in [1.165, 1.54) is 11.0 Å². The van der Waals surface area contributed by atoms with E-state index in [0.717, 1.165) is 5.75 Å². The number of thioether (sulfide) groups is 1. The van der Waals surface area contributed by atoms with Crippen molar-refractivity contribution in [2.24, 2.45) is 5.92 Å². The number of aliphatic carboxylic acids is 1. The Morgan fingerprint density at radius 1 is 1.62 bits per heavy atom. The third-order valence-corrected chi connectivity index (χ3v) is 3.31. The molecule has 0 saturated carbocycles. The molecule has 1 aliphatic rings. The first-order valence-corrected chi connectivity index (χ1v) is 6.13. The van der Waals surface area contributed by atoms with Crippen LogP contribution in [0.4, 0.5) is 4.79 Å². The summed E-state index contributed by atoms with van der Waals surface area (Å²) in [6.45, 7) is 4.35. The molecule has 6 heteroatoms. The highest BCUT2D eigenvalue weighted by atomic mass is 32.2. The molecule has 1 atom stereocenters. The highest BCUT2D eigenvalue weighted by Gasteiger charge is 2.27. The maximum atomic E-state index is 11.5. The summed E-state index contributed by atoms with van der Waals surface area (Å²) < 4.78 is 4.88. The SMILES string of the molecule is C=CCOC(=O)N1CCSCC(C(=O)O)C1. The molecule has 1 saturated heterocycles. The summed E-state index contributed by atoms with van der Waals surface area (Å²) in [7, 11) is 0. The van der Waals surface area contributed by atoms with Gasteiger partial charge >= 0.3 is 12.1 Å². The van der Waals surface area contributed by atoms with Crippen LogP contribution in [0.25, 0.3) is 0 Å². The number of nitrogens with zero attached hydrogens (tertiary/aromatic N) is 1. The van der Waals surface area contributed by atoms with E-state index in [9.17, 15) is 9.59 Å². The van der Waals surface area contributed by atoms with Crippen molar-refractivity contribution in [3.63, 3.8) is 0 Å². The molecule has 1 amide bonds. The van der Waals surface area contributed by atoms with Crippen molar-refractivity contribution in [3.8, 4) is 0 Å². The van der Waals surface area contributed by atoms with Crippen molar-refractivity contribution in [2.75, 3.05) is 31.2 Å². The summed E-state index contributed by atoms with van der Waals surface area (Å²) >= 11 is 1.55.